The quantitative estimate of drug-likeness (QED) is 0.745. The van der Waals surface area contributed by atoms with Gasteiger partial charge in [-0.25, -0.2) is 4.39 Å². The first-order valence-electron chi connectivity index (χ1n) is 8.32. The lowest BCUT2D eigenvalue weighted by molar-refractivity contribution is 0.0699. The molecular weight excluding hydrogens is 397 g/mol. The van der Waals surface area contributed by atoms with E-state index in [0.717, 1.165) is 11.3 Å². The number of nitrogens with zero attached hydrogens (tertiary/aromatic N) is 1. The van der Waals surface area contributed by atoms with Crippen LogP contribution in [-0.4, -0.2) is 41.6 Å². The molecule has 1 saturated heterocycles. The summed E-state index contributed by atoms with van der Waals surface area (Å²) in [6, 6.07) is 7.11. The summed E-state index contributed by atoms with van der Waals surface area (Å²) in [6.45, 7) is 0.801. The van der Waals surface area contributed by atoms with Crippen molar-refractivity contribution in [3.05, 3.63) is 52.0 Å². The summed E-state index contributed by atoms with van der Waals surface area (Å²) < 4.78 is 38.9. The van der Waals surface area contributed by atoms with Gasteiger partial charge in [0.25, 0.3) is 17.6 Å². The summed E-state index contributed by atoms with van der Waals surface area (Å²) in [6.07, 6.45) is 1.04. The summed E-state index contributed by atoms with van der Waals surface area (Å²) in [5, 5.41) is 4.41. The number of carbonyl (C=O) groups excluding carboxylic acids is 2. The number of thiophene rings is 1. The van der Waals surface area contributed by atoms with Gasteiger partial charge in [0.1, 0.15) is 10.7 Å². The number of benzene rings is 1. The first-order chi connectivity index (χ1) is 13.0. The highest BCUT2D eigenvalue weighted by atomic mass is 32.2. The van der Waals surface area contributed by atoms with E-state index in [1.54, 1.807) is 16.3 Å². The summed E-state index contributed by atoms with van der Waals surface area (Å²) in [5.41, 5.74) is -0.0109. The molecule has 1 aromatic heterocycles. The van der Waals surface area contributed by atoms with E-state index in [-0.39, 0.29) is 22.4 Å². The second kappa shape index (κ2) is 8.79. The molecule has 1 fully saturated rings. The fourth-order valence-corrected chi connectivity index (χ4v) is 4.58. The molecule has 2 aromatic rings. The molecule has 1 aromatic carbocycles. The Kier molecular flexibility index (Phi) is 6.43. The van der Waals surface area contributed by atoms with Gasteiger partial charge in [0, 0.05) is 24.0 Å². The smallest absolute Gasteiger partial charge is 0.288 e. The molecule has 2 amide bonds. The van der Waals surface area contributed by atoms with Gasteiger partial charge in [0.05, 0.1) is 5.56 Å². The maximum absolute atomic E-state index is 13.7. The second-order valence-corrected chi connectivity index (χ2v) is 7.96. The SMILES string of the molecule is O=C(NC1CCN(C(=O)c2sccc2SC(F)F)CC1)c1ccccc1F. The zero-order valence-electron chi connectivity index (χ0n) is 14.2. The van der Waals surface area contributed by atoms with Crippen LogP contribution >= 0.6 is 23.1 Å². The largest absolute Gasteiger partial charge is 0.349 e. The molecule has 1 aliphatic rings. The Morgan fingerprint density at radius 1 is 1.19 bits per heavy atom. The van der Waals surface area contributed by atoms with Gasteiger partial charge in [-0.15, -0.1) is 11.3 Å². The van der Waals surface area contributed by atoms with Crippen LogP contribution in [0, 0.1) is 5.82 Å². The Labute approximate surface area is 162 Å². The molecule has 3 rings (SSSR count). The van der Waals surface area contributed by atoms with Crippen molar-refractivity contribution in [3.8, 4) is 0 Å². The van der Waals surface area contributed by atoms with Crippen molar-refractivity contribution >= 4 is 34.9 Å². The van der Waals surface area contributed by atoms with Crippen LogP contribution in [0.1, 0.15) is 32.9 Å². The van der Waals surface area contributed by atoms with E-state index in [0.29, 0.717) is 42.6 Å². The highest BCUT2D eigenvalue weighted by molar-refractivity contribution is 7.99. The minimum Gasteiger partial charge on any atom is -0.349 e. The average Bonchev–Trinajstić information content (AvgIpc) is 3.09. The van der Waals surface area contributed by atoms with Gasteiger partial charge in [-0.2, -0.15) is 8.78 Å². The number of likely N-dealkylation sites (tertiary alicyclic amines) is 1. The molecule has 1 aliphatic heterocycles. The van der Waals surface area contributed by atoms with Crippen LogP contribution in [0.3, 0.4) is 0 Å². The number of amides is 2. The van der Waals surface area contributed by atoms with Gasteiger partial charge in [0.15, 0.2) is 0 Å². The first-order valence-corrected chi connectivity index (χ1v) is 10.1. The van der Waals surface area contributed by atoms with Gasteiger partial charge in [-0.1, -0.05) is 23.9 Å². The van der Waals surface area contributed by atoms with Crippen molar-refractivity contribution in [1.29, 1.82) is 0 Å². The predicted molar refractivity (Wildman–Crippen MR) is 99.0 cm³/mol. The third-order valence-corrected chi connectivity index (χ3v) is 6.08. The molecule has 0 saturated carbocycles. The number of halogens is 3. The fraction of sp³-hybridized carbons (Fsp3) is 0.333. The fourth-order valence-electron chi connectivity index (χ4n) is 2.92. The number of rotatable bonds is 5. The zero-order valence-corrected chi connectivity index (χ0v) is 15.8. The van der Waals surface area contributed by atoms with Crippen molar-refractivity contribution < 1.29 is 22.8 Å². The molecule has 1 N–H and O–H groups in total. The van der Waals surface area contributed by atoms with E-state index in [1.807, 2.05) is 0 Å². The summed E-state index contributed by atoms with van der Waals surface area (Å²) in [5.74, 6) is -3.91. The lowest BCUT2D eigenvalue weighted by atomic mass is 10.0. The molecule has 2 heterocycles. The molecule has 0 bridgehead atoms. The van der Waals surface area contributed by atoms with E-state index in [1.165, 1.54) is 24.3 Å². The maximum atomic E-state index is 13.7. The third-order valence-electron chi connectivity index (χ3n) is 4.28. The minimum absolute atomic E-state index is 0.0109. The normalized spacial score (nSPS) is 15.2. The summed E-state index contributed by atoms with van der Waals surface area (Å²) in [4.78, 5) is 27.0. The molecule has 4 nitrogen and oxygen atoms in total. The number of carbonyl (C=O) groups is 2. The second-order valence-electron chi connectivity index (χ2n) is 6.01. The van der Waals surface area contributed by atoms with Gasteiger partial charge < -0.3 is 10.2 Å². The van der Waals surface area contributed by atoms with Crippen LogP contribution in [0.5, 0.6) is 0 Å². The number of hydrogen-bond donors (Lipinski definition) is 1. The van der Waals surface area contributed by atoms with Gasteiger partial charge >= 0.3 is 0 Å². The Bertz CT molecular complexity index is 820. The number of thioether (sulfide) groups is 1. The third kappa shape index (κ3) is 4.84. The summed E-state index contributed by atoms with van der Waals surface area (Å²) >= 11 is 1.52. The van der Waals surface area contributed by atoms with Crippen LogP contribution in [0.15, 0.2) is 40.6 Å². The molecule has 0 unspecified atom stereocenters. The highest BCUT2D eigenvalue weighted by Crippen LogP contribution is 2.33. The zero-order chi connectivity index (χ0) is 19.4. The van der Waals surface area contributed by atoms with Crippen LogP contribution < -0.4 is 5.32 Å². The van der Waals surface area contributed by atoms with E-state index < -0.39 is 17.5 Å². The minimum atomic E-state index is -2.58. The van der Waals surface area contributed by atoms with E-state index in [2.05, 4.69) is 5.32 Å². The van der Waals surface area contributed by atoms with E-state index in [9.17, 15) is 22.8 Å². The molecule has 0 spiro atoms. The average molecular weight is 414 g/mol. The van der Waals surface area contributed by atoms with Crippen LogP contribution in [0.25, 0.3) is 0 Å². The highest BCUT2D eigenvalue weighted by Gasteiger charge is 2.28. The van der Waals surface area contributed by atoms with Crippen molar-refractivity contribution in [1.82, 2.24) is 10.2 Å². The van der Waals surface area contributed by atoms with Crippen LogP contribution in [0.4, 0.5) is 13.2 Å². The number of nitrogens with one attached hydrogen (secondary N) is 1. The topological polar surface area (TPSA) is 49.4 Å². The Morgan fingerprint density at radius 3 is 2.56 bits per heavy atom. The van der Waals surface area contributed by atoms with Gasteiger partial charge in [-0.3, -0.25) is 9.59 Å². The number of alkyl halides is 2. The molecular formula is C18H17F3N2O2S2. The molecule has 0 atom stereocenters. The Hall–Kier alpha value is -2.00. The van der Waals surface area contributed by atoms with Crippen molar-refractivity contribution in [3.63, 3.8) is 0 Å². The molecule has 0 radical (unpaired) electrons. The Balaban J connectivity index is 1.56. The lowest BCUT2D eigenvalue weighted by Gasteiger charge is -2.32. The number of piperidine rings is 1. The van der Waals surface area contributed by atoms with Gasteiger partial charge in [0.2, 0.25) is 0 Å². The lowest BCUT2D eigenvalue weighted by Crippen LogP contribution is -2.46. The standard InChI is InChI=1S/C18H17F3N2O2S2/c19-13-4-2-1-3-12(13)16(24)22-11-5-8-23(9-6-11)17(25)15-14(7-10-26-15)27-18(20)21/h1-4,7,10-11,18H,5-6,8-9H2,(H,22,24). The van der Waals surface area contributed by atoms with Crippen molar-refractivity contribution in [2.24, 2.45) is 0 Å². The van der Waals surface area contributed by atoms with Crippen molar-refractivity contribution in [2.45, 2.75) is 29.5 Å². The first kappa shape index (κ1) is 19.8. The van der Waals surface area contributed by atoms with E-state index in [4.69, 9.17) is 0 Å². The number of hydrogen-bond acceptors (Lipinski definition) is 4. The van der Waals surface area contributed by atoms with Gasteiger partial charge in [-0.05, 0) is 36.4 Å². The monoisotopic (exact) mass is 414 g/mol. The van der Waals surface area contributed by atoms with Crippen LogP contribution in [-0.2, 0) is 0 Å². The van der Waals surface area contributed by atoms with E-state index >= 15 is 0 Å². The Morgan fingerprint density at radius 2 is 1.89 bits per heavy atom. The molecule has 9 heteroatoms. The molecule has 27 heavy (non-hydrogen) atoms. The summed E-state index contributed by atoms with van der Waals surface area (Å²) in [7, 11) is 0. The predicted octanol–water partition coefficient (Wildman–Crippen LogP) is 4.24. The molecule has 0 aliphatic carbocycles. The molecule has 144 valence electrons. The van der Waals surface area contributed by atoms with Crippen LogP contribution in [0.2, 0.25) is 0 Å². The maximum Gasteiger partial charge on any atom is 0.288 e. The van der Waals surface area contributed by atoms with Crippen molar-refractivity contribution in [2.75, 3.05) is 13.1 Å².